The lowest BCUT2D eigenvalue weighted by Crippen LogP contribution is -2.54. The van der Waals surface area contributed by atoms with Gasteiger partial charge in [0.15, 0.2) is 0 Å². The molecule has 0 heterocycles. The van der Waals surface area contributed by atoms with Crippen molar-refractivity contribution in [2.45, 2.75) is 51.0 Å². The first-order chi connectivity index (χ1) is 17.2. The average molecular weight is 647 g/mol. The van der Waals surface area contributed by atoms with Crippen LogP contribution in [0.1, 0.15) is 31.7 Å². The molecule has 10 heteroatoms. The van der Waals surface area contributed by atoms with Gasteiger partial charge in [-0.1, -0.05) is 48.3 Å². The number of nitrogens with zero attached hydrogens (tertiary/aromatic N) is 1. The maximum Gasteiger partial charge on any atom is 0.247 e. The van der Waals surface area contributed by atoms with Gasteiger partial charge in [0.2, 0.25) is 11.8 Å². The molecule has 0 aromatic heterocycles. The highest BCUT2D eigenvalue weighted by molar-refractivity contribution is 14.1. The molecule has 0 radical (unpaired) electrons. The highest BCUT2D eigenvalue weighted by Crippen LogP contribution is 2.31. The Labute approximate surface area is 234 Å². The molecule has 2 amide bonds. The highest BCUT2D eigenvalue weighted by Gasteiger charge is 2.40. The Hall–Kier alpha value is -1.85. The summed E-state index contributed by atoms with van der Waals surface area (Å²) in [4.78, 5) is 27.7. The van der Waals surface area contributed by atoms with Gasteiger partial charge in [0, 0.05) is 31.5 Å². The fraction of sp³-hybridized carbons (Fsp3) is 0.385. The van der Waals surface area contributed by atoms with E-state index in [9.17, 15) is 14.7 Å². The van der Waals surface area contributed by atoms with Gasteiger partial charge in [0.05, 0.1) is 26.3 Å². The maximum absolute atomic E-state index is 13.3. The molecule has 2 aromatic rings. The van der Waals surface area contributed by atoms with Gasteiger partial charge in [0.1, 0.15) is 18.0 Å². The van der Waals surface area contributed by atoms with E-state index in [2.05, 4.69) is 27.9 Å². The molecule has 1 aliphatic rings. The van der Waals surface area contributed by atoms with Crippen molar-refractivity contribution in [1.82, 2.24) is 10.2 Å². The van der Waals surface area contributed by atoms with Crippen LogP contribution < -0.4 is 10.1 Å². The van der Waals surface area contributed by atoms with Crippen molar-refractivity contribution in [3.8, 4) is 5.75 Å². The lowest BCUT2D eigenvalue weighted by atomic mass is 9.87. The normalized spacial score (nSPS) is 19.4. The van der Waals surface area contributed by atoms with Crippen LogP contribution in [0.15, 0.2) is 54.1 Å². The number of carbonyl (C=O) groups excluding carboxylic acids is 2. The summed E-state index contributed by atoms with van der Waals surface area (Å²) in [6, 6.07) is 11.8. The molecule has 3 N–H and O–H groups in total. The molecule has 3 atom stereocenters. The van der Waals surface area contributed by atoms with Crippen molar-refractivity contribution in [1.29, 1.82) is 0 Å². The van der Waals surface area contributed by atoms with Gasteiger partial charge in [-0.2, -0.15) is 0 Å². The van der Waals surface area contributed by atoms with Crippen molar-refractivity contribution in [2.75, 3.05) is 13.2 Å². The van der Waals surface area contributed by atoms with Crippen molar-refractivity contribution >= 4 is 57.6 Å². The molecular formula is C26H29Cl2IN2O5. The summed E-state index contributed by atoms with van der Waals surface area (Å²) in [6.45, 7) is 1.97. The fourth-order valence-corrected chi connectivity index (χ4v) is 4.88. The summed E-state index contributed by atoms with van der Waals surface area (Å²) >= 11 is 14.4. The van der Waals surface area contributed by atoms with Gasteiger partial charge in [-0.15, -0.1) is 0 Å². The molecule has 194 valence electrons. The minimum absolute atomic E-state index is 0.0905. The first kappa shape index (κ1) is 28.7. The molecule has 0 saturated heterocycles. The molecule has 0 fully saturated rings. The van der Waals surface area contributed by atoms with Crippen LogP contribution in [-0.4, -0.2) is 58.3 Å². The van der Waals surface area contributed by atoms with E-state index in [4.69, 9.17) is 33.0 Å². The summed E-state index contributed by atoms with van der Waals surface area (Å²) in [7, 11) is 0. The van der Waals surface area contributed by atoms with Crippen LogP contribution in [0.5, 0.6) is 5.75 Å². The van der Waals surface area contributed by atoms with Gasteiger partial charge in [-0.05, 0) is 64.9 Å². The van der Waals surface area contributed by atoms with Crippen LogP contribution in [0.25, 0.3) is 0 Å². The second-order valence-corrected chi connectivity index (χ2v) is 10.4. The van der Waals surface area contributed by atoms with E-state index in [1.165, 1.54) is 0 Å². The van der Waals surface area contributed by atoms with E-state index < -0.39 is 18.2 Å². The number of aliphatic hydroxyl groups excluding tert-OH is 2. The zero-order valence-corrected chi connectivity index (χ0v) is 23.5. The number of aliphatic hydroxyl groups is 2. The van der Waals surface area contributed by atoms with E-state index in [-0.39, 0.29) is 44.4 Å². The van der Waals surface area contributed by atoms with E-state index in [0.29, 0.717) is 27.8 Å². The van der Waals surface area contributed by atoms with Crippen LogP contribution in [0.2, 0.25) is 10.0 Å². The zero-order valence-electron chi connectivity index (χ0n) is 19.8. The average Bonchev–Trinajstić information content (AvgIpc) is 2.86. The highest BCUT2D eigenvalue weighted by atomic mass is 127. The standard InChI is InChI=1S/C26H29Cl2IN2O5/c1-2-5-24(33)31(15-16-8-9-18(27)19(28)12-16)21-13-17(26(35)30-10-11-32)14-23(25(21)34)36-22-7-4-3-6-20(22)29/h3-4,6-9,12,14,21,23,25,32,34H,2,5,10-11,13,15H2,1H3,(H,30,35). The number of para-hydroxylation sites is 1. The third-order valence-corrected chi connectivity index (χ3v) is 7.47. The first-order valence-electron chi connectivity index (χ1n) is 11.7. The minimum atomic E-state index is -1.10. The molecule has 7 nitrogen and oxygen atoms in total. The summed E-state index contributed by atoms with van der Waals surface area (Å²) in [5, 5.41) is 24.0. The summed E-state index contributed by atoms with van der Waals surface area (Å²) < 4.78 is 6.99. The van der Waals surface area contributed by atoms with E-state index in [0.717, 1.165) is 9.13 Å². The van der Waals surface area contributed by atoms with Crippen LogP contribution in [-0.2, 0) is 16.1 Å². The van der Waals surface area contributed by atoms with Gasteiger partial charge < -0.3 is 25.2 Å². The number of amides is 2. The molecule has 3 rings (SSSR count). The maximum atomic E-state index is 13.3. The Morgan fingerprint density at radius 1 is 1.19 bits per heavy atom. The van der Waals surface area contributed by atoms with Gasteiger partial charge in [-0.25, -0.2) is 0 Å². The number of halogens is 3. The molecule has 36 heavy (non-hydrogen) atoms. The van der Waals surface area contributed by atoms with Gasteiger partial charge >= 0.3 is 0 Å². The predicted octanol–water partition coefficient (Wildman–Crippen LogP) is 4.34. The number of ether oxygens (including phenoxy) is 1. The second kappa shape index (κ2) is 13.6. The number of rotatable bonds is 10. The number of hydrogen-bond acceptors (Lipinski definition) is 5. The minimum Gasteiger partial charge on any atom is -0.482 e. The zero-order chi connectivity index (χ0) is 26.2. The molecule has 0 saturated carbocycles. The largest absolute Gasteiger partial charge is 0.482 e. The Balaban J connectivity index is 1.98. The molecule has 1 aliphatic carbocycles. The molecule has 2 aromatic carbocycles. The smallest absolute Gasteiger partial charge is 0.247 e. The SMILES string of the molecule is CCCC(=O)N(Cc1ccc(Cl)c(Cl)c1)C1CC(C(=O)NCCO)=CC(Oc2ccccc2I)C1O. The van der Waals surface area contributed by atoms with E-state index in [1.807, 2.05) is 25.1 Å². The monoisotopic (exact) mass is 646 g/mol. The van der Waals surface area contributed by atoms with E-state index >= 15 is 0 Å². The lowest BCUT2D eigenvalue weighted by Gasteiger charge is -2.40. The lowest BCUT2D eigenvalue weighted by molar-refractivity contribution is -0.139. The Morgan fingerprint density at radius 3 is 2.61 bits per heavy atom. The number of nitrogens with one attached hydrogen (secondary N) is 1. The first-order valence-corrected chi connectivity index (χ1v) is 13.5. The Bertz CT molecular complexity index is 1110. The second-order valence-electron chi connectivity index (χ2n) is 8.47. The molecular weight excluding hydrogens is 618 g/mol. The van der Waals surface area contributed by atoms with Crippen molar-refractivity contribution < 1.29 is 24.5 Å². The van der Waals surface area contributed by atoms with Gasteiger partial charge in [0.25, 0.3) is 0 Å². The number of carbonyl (C=O) groups is 2. The molecule has 0 aliphatic heterocycles. The van der Waals surface area contributed by atoms with Crippen molar-refractivity contribution in [3.63, 3.8) is 0 Å². The summed E-state index contributed by atoms with van der Waals surface area (Å²) in [5.74, 6) is 0.0255. The molecule has 0 spiro atoms. The third kappa shape index (κ3) is 7.35. The predicted molar refractivity (Wildman–Crippen MR) is 148 cm³/mol. The van der Waals surface area contributed by atoms with Gasteiger partial charge in [-0.3, -0.25) is 9.59 Å². The summed E-state index contributed by atoms with van der Waals surface area (Å²) in [6.07, 6.45) is 0.655. The Kier molecular flexibility index (Phi) is 10.9. The van der Waals surface area contributed by atoms with Crippen LogP contribution in [0, 0.1) is 3.57 Å². The third-order valence-electron chi connectivity index (χ3n) is 5.84. The Morgan fingerprint density at radius 2 is 1.94 bits per heavy atom. The number of hydrogen-bond donors (Lipinski definition) is 3. The van der Waals surface area contributed by atoms with Crippen molar-refractivity contribution in [2.24, 2.45) is 0 Å². The fourth-order valence-electron chi connectivity index (χ4n) is 4.05. The summed E-state index contributed by atoms with van der Waals surface area (Å²) in [5.41, 5.74) is 1.12. The van der Waals surface area contributed by atoms with Crippen LogP contribution in [0.4, 0.5) is 0 Å². The van der Waals surface area contributed by atoms with E-state index in [1.54, 1.807) is 35.2 Å². The molecule has 3 unspecified atom stereocenters. The van der Waals surface area contributed by atoms with Crippen LogP contribution in [0.3, 0.4) is 0 Å². The topological polar surface area (TPSA) is 99.1 Å². The number of benzene rings is 2. The quantitative estimate of drug-likeness (QED) is 0.334. The van der Waals surface area contributed by atoms with Crippen molar-refractivity contribution in [3.05, 3.63) is 73.3 Å². The van der Waals surface area contributed by atoms with Crippen LogP contribution >= 0.6 is 45.8 Å². The molecule has 0 bridgehead atoms.